The normalized spacial score (nSPS) is 19.0. The van der Waals surface area contributed by atoms with Crippen LogP contribution < -0.4 is 9.47 Å². The van der Waals surface area contributed by atoms with Crippen molar-refractivity contribution < 1.29 is 19.4 Å². The Morgan fingerprint density at radius 3 is 2.44 bits per heavy atom. The monoisotopic (exact) mass is 465 g/mol. The SMILES string of the molecule is COc1cc(O)c(C(CC(=O)N2C[C@H](C)C[C@H](C)C2)c2ccc(-c3nn[nH]n3)cc2)c(OC)c1. The smallest absolute Gasteiger partial charge is 0.223 e. The number of ether oxygens (including phenoxy) is 2. The van der Waals surface area contributed by atoms with Gasteiger partial charge in [0.1, 0.15) is 17.2 Å². The van der Waals surface area contributed by atoms with E-state index in [1.165, 1.54) is 7.11 Å². The van der Waals surface area contributed by atoms with Crippen molar-refractivity contribution >= 4 is 5.91 Å². The first-order valence-electron chi connectivity index (χ1n) is 11.5. The lowest BCUT2D eigenvalue weighted by Crippen LogP contribution is -2.43. The van der Waals surface area contributed by atoms with Crippen LogP contribution in [0.2, 0.25) is 0 Å². The van der Waals surface area contributed by atoms with Gasteiger partial charge in [-0.05, 0) is 29.0 Å². The molecular weight excluding hydrogens is 434 g/mol. The van der Waals surface area contributed by atoms with Gasteiger partial charge in [0, 0.05) is 48.7 Å². The summed E-state index contributed by atoms with van der Waals surface area (Å²) in [6.07, 6.45) is 1.33. The number of piperidine rings is 1. The number of hydrogen-bond donors (Lipinski definition) is 2. The second-order valence-corrected chi connectivity index (χ2v) is 9.12. The largest absolute Gasteiger partial charge is 0.507 e. The van der Waals surface area contributed by atoms with E-state index in [9.17, 15) is 9.90 Å². The maximum absolute atomic E-state index is 13.5. The highest BCUT2D eigenvalue weighted by atomic mass is 16.5. The number of likely N-dealkylation sites (tertiary alicyclic amines) is 1. The van der Waals surface area contributed by atoms with E-state index in [1.54, 1.807) is 19.2 Å². The number of carbonyl (C=O) groups is 1. The average Bonchev–Trinajstić information content (AvgIpc) is 3.37. The standard InChI is InChI=1S/C25H31N5O4/c1-15-9-16(2)14-30(13-15)23(32)12-20(24-21(31)10-19(33-3)11-22(24)34-4)17-5-7-18(8-6-17)25-26-28-29-27-25/h5-8,10-11,15-16,20,31H,9,12-14H2,1-4H3,(H,26,27,28,29)/t15-,16+,20?. The summed E-state index contributed by atoms with van der Waals surface area (Å²) in [6, 6.07) is 10.9. The van der Waals surface area contributed by atoms with Crippen molar-refractivity contribution in [2.75, 3.05) is 27.3 Å². The fourth-order valence-corrected chi connectivity index (χ4v) is 4.93. The predicted molar refractivity (Wildman–Crippen MR) is 127 cm³/mol. The molecule has 1 fully saturated rings. The molecule has 2 heterocycles. The summed E-state index contributed by atoms with van der Waals surface area (Å²) in [5.41, 5.74) is 2.23. The van der Waals surface area contributed by atoms with E-state index in [0.717, 1.165) is 30.6 Å². The number of amides is 1. The Morgan fingerprint density at radius 2 is 1.85 bits per heavy atom. The molecule has 34 heavy (non-hydrogen) atoms. The lowest BCUT2D eigenvalue weighted by atomic mass is 9.85. The molecule has 0 saturated carbocycles. The second kappa shape index (κ2) is 10.1. The third-order valence-corrected chi connectivity index (χ3v) is 6.41. The van der Waals surface area contributed by atoms with Crippen LogP contribution in [-0.4, -0.2) is 63.8 Å². The van der Waals surface area contributed by atoms with Crippen LogP contribution in [0, 0.1) is 11.8 Å². The molecule has 180 valence electrons. The van der Waals surface area contributed by atoms with Gasteiger partial charge in [-0.2, -0.15) is 5.21 Å². The van der Waals surface area contributed by atoms with Crippen molar-refractivity contribution in [3.05, 3.63) is 47.5 Å². The van der Waals surface area contributed by atoms with Crippen LogP contribution in [0.15, 0.2) is 36.4 Å². The topological polar surface area (TPSA) is 113 Å². The van der Waals surface area contributed by atoms with Crippen LogP contribution in [-0.2, 0) is 4.79 Å². The molecule has 1 amide bonds. The van der Waals surface area contributed by atoms with Gasteiger partial charge in [0.15, 0.2) is 0 Å². The number of aromatic nitrogens is 4. The van der Waals surface area contributed by atoms with Crippen molar-refractivity contribution in [2.45, 2.75) is 32.6 Å². The summed E-state index contributed by atoms with van der Waals surface area (Å²) in [6.45, 7) is 5.86. The molecule has 1 saturated heterocycles. The second-order valence-electron chi connectivity index (χ2n) is 9.12. The van der Waals surface area contributed by atoms with E-state index in [0.29, 0.717) is 34.7 Å². The number of carbonyl (C=O) groups excluding carboxylic acids is 1. The summed E-state index contributed by atoms with van der Waals surface area (Å²) >= 11 is 0. The minimum Gasteiger partial charge on any atom is -0.507 e. The van der Waals surface area contributed by atoms with Crippen LogP contribution in [0.5, 0.6) is 17.2 Å². The molecule has 1 aromatic heterocycles. The molecule has 3 aromatic rings. The van der Waals surface area contributed by atoms with E-state index < -0.39 is 5.92 Å². The van der Waals surface area contributed by atoms with Crippen LogP contribution in [0.25, 0.3) is 11.4 Å². The number of tetrazole rings is 1. The molecule has 0 bridgehead atoms. The Bertz CT molecular complexity index is 1110. The number of rotatable bonds is 7. The number of nitrogens with zero attached hydrogens (tertiary/aromatic N) is 4. The van der Waals surface area contributed by atoms with Crippen LogP contribution in [0.1, 0.15) is 43.7 Å². The number of hydrogen-bond acceptors (Lipinski definition) is 7. The van der Waals surface area contributed by atoms with Crippen molar-refractivity contribution in [1.29, 1.82) is 0 Å². The van der Waals surface area contributed by atoms with Gasteiger partial charge in [0.25, 0.3) is 0 Å². The quantitative estimate of drug-likeness (QED) is 0.548. The number of benzene rings is 2. The van der Waals surface area contributed by atoms with Gasteiger partial charge in [0.2, 0.25) is 11.7 Å². The molecule has 0 radical (unpaired) electrons. The van der Waals surface area contributed by atoms with Gasteiger partial charge in [-0.1, -0.05) is 38.1 Å². The molecule has 9 heteroatoms. The van der Waals surface area contributed by atoms with Crippen molar-refractivity contribution in [3.63, 3.8) is 0 Å². The highest BCUT2D eigenvalue weighted by Gasteiger charge is 2.31. The summed E-state index contributed by atoms with van der Waals surface area (Å²) in [5.74, 6) is 2.03. The van der Waals surface area contributed by atoms with Crippen molar-refractivity contribution in [3.8, 4) is 28.6 Å². The van der Waals surface area contributed by atoms with Crippen LogP contribution in [0.4, 0.5) is 0 Å². The highest BCUT2D eigenvalue weighted by molar-refractivity contribution is 5.78. The zero-order valence-electron chi connectivity index (χ0n) is 20.0. The van der Waals surface area contributed by atoms with Crippen molar-refractivity contribution in [2.24, 2.45) is 11.8 Å². The summed E-state index contributed by atoms with van der Waals surface area (Å²) in [4.78, 5) is 15.4. The van der Waals surface area contributed by atoms with E-state index in [4.69, 9.17) is 9.47 Å². The third-order valence-electron chi connectivity index (χ3n) is 6.41. The molecular formula is C25H31N5O4. The van der Waals surface area contributed by atoms with Gasteiger partial charge in [-0.15, -0.1) is 10.2 Å². The van der Waals surface area contributed by atoms with Gasteiger partial charge in [-0.3, -0.25) is 4.79 Å². The first kappa shape index (κ1) is 23.5. The van der Waals surface area contributed by atoms with Gasteiger partial charge < -0.3 is 19.5 Å². The number of phenols is 1. The van der Waals surface area contributed by atoms with E-state index in [-0.39, 0.29) is 18.1 Å². The number of H-pyrrole nitrogens is 1. The Balaban J connectivity index is 1.72. The number of nitrogens with one attached hydrogen (secondary N) is 1. The van der Waals surface area contributed by atoms with E-state index in [1.807, 2.05) is 29.2 Å². The molecule has 1 aliphatic heterocycles. The maximum Gasteiger partial charge on any atom is 0.223 e. The number of aromatic amines is 1. The fourth-order valence-electron chi connectivity index (χ4n) is 4.93. The maximum atomic E-state index is 13.5. The summed E-state index contributed by atoms with van der Waals surface area (Å²) < 4.78 is 10.9. The zero-order valence-corrected chi connectivity index (χ0v) is 20.0. The molecule has 2 aromatic carbocycles. The molecule has 0 spiro atoms. The lowest BCUT2D eigenvalue weighted by Gasteiger charge is -2.36. The van der Waals surface area contributed by atoms with Crippen molar-refractivity contribution in [1.82, 2.24) is 25.5 Å². The van der Waals surface area contributed by atoms with Gasteiger partial charge >= 0.3 is 0 Å². The van der Waals surface area contributed by atoms with Gasteiger partial charge in [0.05, 0.1) is 14.2 Å². The minimum absolute atomic E-state index is 0.0247. The molecule has 0 aliphatic carbocycles. The minimum atomic E-state index is -0.416. The summed E-state index contributed by atoms with van der Waals surface area (Å²) in [5, 5.41) is 25.1. The highest BCUT2D eigenvalue weighted by Crippen LogP contribution is 2.43. The zero-order chi connectivity index (χ0) is 24.2. The van der Waals surface area contributed by atoms with Crippen LogP contribution in [0.3, 0.4) is 0 Å². The third kappa shape index (κ3) is 4.98. The Labute approximate surface area is 199 Å². The number of methoxy groups -OCH3 is 2. The fraction of sp³-hybridized carbons (Fsp3) is 0.440. The molecule has 1 aliphatic rings. The molecule has 4 rings (SSSR count). The molecule has 1 unspecified atom stereocenters. The molecule has 3 atom stereocenters. The number of aromatic hydroxyl groups is 1. The average molecular weight is 466 g/mol. The first-order chi connectivity index (χ1) is 16.4. The Morgan fingerprint density at radius 1 is 1.15 bits per heavy atom. The van der Waals surface area contributed by atoms with E-state index in [2.05, 4.69) is 34.5 Å². The lowest BCUT2D eigenvalue weighted by molar-refractivity contribution is -0.134. The molecule has 2 N–H and O–H groups in total. The van der Waals surface area contributed by atoms with E-state index >= 15 is 0 Å². The number of phenolic OH excluding ortho intramolecular Hbond substituents is 1. The Hall–Kier alpha value is -3.62. The molecule has 9 nitrogen and oxygen atoms in total. The van der Waals surface area contributed by atoms with Crippen LogP contribution >= 0.6 is 0 Å². The Kier molecular flexibility index (Phi) is 7.00. The van der Waals surface area contributed by atoms with Gasteiger partial charge in [-0.25, -0.2) is 0 Å². The summed E-state index contributed by atoms with van der Waals surface area (Å²) in [7, 11) is 3.08. The predicted octanol–water partition coefficient (Wildman–Crippen LogP) is 3.62. The first-order valence-corrected chi connectivity index (χ1v) is 11.5.